The Bertz CT molecular complexity index is 1070. The van der Waals surface area contributed by atoms with Crippen molar-refractivity contribution in [2.45, 2.75) is 58.0 Å². The SMILES string of the molecule is COc1ccc2cc(C(c3nnnn3C(C)(C)C)N3CCCCCC3)c(=O)[nH]c2c1. The van der Waals surface area contributed by atoms with Crippen LogP contribution < -0.4 is 10.3 Å². The second-order valence-electron chi connectivity index (χ2n) is 8.98. The fourth-order valence-electron chi connectivity index (χ4n) is 4.22. The number of fused-ring (bicyclic) bond motifs is 1. The van der Waals surface area contributed by atoms with E-state index in [9.17, 15) is 4.79 Å². The zero-order chi connectivity index (χ0) is 21.3. The average Bonchev–Trinajstić information content (AvgIpc) is 3.05. The Morgan fingerprint density at radius 3 is 2.50 bits per heavy atom. The van der Waals surface area contributed by atoms with Gasteiger partial charge in [-0.2, -0.15) is 0 Å². The minimum absolute atomic E-state index is 0.117. The molecule has 8 heteroatoms. The standard InChI is InChI=1S/C22H30N6O2/c1-22(2,3)28-20(24-25-26-28)19(27-11-7-5-6-8-12-27)17-13-15-9-10-16(30-4)14-18(15)23-21(17)29/h9-10,13-14,19H,5-8,11-12H2,1-4H3,(H,23,29). The van der Waals surface area contributed by atoms with Crippen LogP contribution in [-0.2, 0) is 5.54 Å². The molecule has 8 nitrogen and oxygen atoms in total. The highest BCUT2D eigenvalue weighted by Crippen LogP contribution is 2.31. The first-order chi connectivity index (χ1) is 14.4. The number of hydrogen-bond acceptors (Lipinski definition) is 6. The number of methoxy groups -OCH3 is 1. The summed E-state index contributed by atoms with van der Waals surface area (Å²) in [6.07, 6.45) is 4.63. The molecule has 1 aromatic carbocycles. The van der Waals surface area contributed by atoms with E-state index in [1.54, 1.807) is 7.11 Å². The molecule has 0 radical (unpaired) electrons. The number of rotatable bonds is 4. The molecule has 0 aliphatic carbocycles. The van der Waals surface area contributed by atoms with Gasteiger partial charge < -0.3 is 9.72 Å². The fraction of sp³-hybridized carbons (Fsp3) is 0.545. The predicted molar refractivity (Wildman–Crippen MR) is 116 cm³/mol. The van der Waals surface area contributed by atoms with E-state index < -0.39 is 0 Å². The van der Waals surface area contributed by atoms with Crippen LogP contribution in [0.1, 0.15) is 63.9 Å². The van der Waals surface area contributed by atoms with Gasteiger partial charge in [-0.15, -0.1) is 5.10 Å². The maximum Gasteiger partial charge on any atom is 0.253 e. The van der Waals surface area contributed by atoms with Gasteiger partial charge in [0, 0.05) is 11.6 Å². The van der Waals surface area contributed by atoms with Crippen LogP contribution in [0.4, 0.5) is 0 Å². The molecule has 1 atom stereocenters. The van der Waals surface area contributed by atoms with Crippen molar-refractivity contribution >= 4 is 10.9 Å². The van der Waals surface area contributed by atoms with Crippen molar-refractivity contribution in [3.8, 4) is 5.75 Å². The number of tetrazole rings is 1. The van der Waals surface area contributed by atoms with Crippen molar-refractivity contribution in [2.75, 3.05) is 20.2 Å². The van der Waals surface area contributed by atoms with Gasteiger partial charge in [-0.1, -0.05) is 12.8 Å². The van der Waals surface area contributed by atoms with E-state index in [4.69, 9.17) is 4.74 Å². The Kier molecular flexibility index (Phi) is 5.60. The van der Waals surface area contributed by atoms with E-state index in [1.807, 2.05) is 28.9 Å². The van der Waals surface area contributed by atoms with E-state index >= 15 is 0 Å². The number of nitrogens with zero attached hydrogens (tertiary/aromatic N) is 5. The summed E-state index contributed by atoms with van der Waals surface area (Å²) in [5, 5.41) is 13.6. The molecule has 3 heterocycles. The largest absolute Gasteiger partial charge is 0.497 e. The van der Waals surface area contributed by atoms with Crippen molar-refractivity contribution in [1.29, 1.82) is 0 Å². The summed E-state index contributed by atoms with van der Waals surface area (Å²) in [6, 6.07) is 7.41. The number of pyridine rings is 1. The molecule has 0 saturated carbocycles. The van der Waals surface area contributed by atoms with E-state index in [0.29, 0.717) is 17.1 Å². The van der Waals surface area contributed by atoms with Crippen LogP contribution in [0.2, 0.25) is 0 Å². The minimum Gasteiger partial charge on any atom is -0.497 e. The summed E-state index contributed by atoms with van der Waals surface area (Å²) in [5.41, 5.74) is 1.02. The van der Waals surface area contributed by atoms with Crippen molar-refractivity contribution in [3.05, 3.63) is 46.0 Å². The molecule has 30 heavy (non-hydrogen) atoms. The number of ether oxygens (including phenoxy) is 1. The maximum atomic E-state index is 13.3. The summed E-state index contributed by atoms with van der Waals surface area (Å²) < 4.78 is 7.15. The second kappa shape index (κ2) is 8.18. The Morgan fingerprint density at radius 1 is 1.10 bits per heavy atom. The Morgan fingerprint density at radius 2 is 1.83 bits per heavy atom. The molecule has 1 aliphatic heterocycles. The maximum absolute atomic E-state index is 13.3. The van der Waals surface area contributed by atoms with Gasteiger partial charge in [0.05, 0.1) is 18.2 Å². The first-order valence-electron chi connectivity index (χ1n) is 10.6. The lowest BCUT2D eigenvalue weighted by molar-refractivity contribution is 0.208. The molecule has 1 saturated heterocycles. The van der Waals surface area contributed by atoms with Crippen molar-refractivity contribution < 1.29 is 4.74 Å². The van der Waals surface area contributed by atoms with Crippen LogP contribution >= 0.6 is 0 Å². The highest BCUT2D eigenvalue weighted by atomic mass is 16.5. The number of aromatic nitrogens is 5. The van der Waals surface area contributed by atoms with Gasteiger partial charge in [0.2, 0.25) is 0 Å². The summed E-state index contributed by atoms with van der Waals surface area (Å²) in [7, 11) is 1.62. The molecule has 2 aromatic heterocycles. The Labute approximate surface area is 176 Å². The van der Waals surface area contributed by atoms with Gasteiger partial charge in [-0.25, -0.2) is 4.68 Å². The lowest BCUT2D eigenvalue weighted by atomic mass is 10.0. The lowest BCUT2D eigenvalue weighted by Crippen LogP contribution is -2.38. The van der Waals surface area contributed by atoms with Crippen molar-refractivity contribution in [2.24, 2.45) is 0 Å². The summed E-state index contributed by atoms with van der Waals surface area (Å²) in [4.78, 5) is 18.7. The third kappa shape index (κ3) is 3.96. The van der Waals surface area contributed by atoms with Gasteiger partial charge in [-0.3, -0.25) is 9.69 Å². The van der Waals surface area contributed by atoms with Gasteiger partial charge >= 0.3 is 0 Å². The number of aromatic amines is 1. The number of nitrogens with one attached hydrogen (secondary N) is 1. The van der Waals surface area contributed by atoms with Gasteiger partial charge in [0.25, 0.3) is 5.56 Å². The molecule has 4 rings (SSSR count). The van der Waals surface area contributed by atoms with Gasteiger partial charge in [-0.05, 0) is 80.7 Å². The summed E-state index contributed by atoms with van der Waals surface area (Å²) in [6.45, 7) is 8.05. The molecule has 0 spiro atoms. The van der Waals surface area contributed by atoms with Crippen LogP contribution in [0.25, 0.3) is 10.9 Å². The van der Waals surface area contributed by atoms with E-state index in [-0.39, 0.29) is 17.1 Å². The fourth-order valence-corrected chi connectivity index (χ4v) is 4.22. The first kappa shape index (κ1) is 20.5. The first-order valence-corrected chi connectivity index (χ1v) is 10.6. The molecule has 0 amide bonds. The molecule has 1 fully saturated rings. The molecular formula is C22H30N6O2. The summed E-state index contributed by atoms with van der Waals surface area (Å²) >= 11 is 0. The molecule has 160 valence electrons. The van der Waals surface area contributed by atoms with Gasteiger partial charge in [0.15, 0.2) is 5.82 Å². The third-order valence-electron chi connectivity index (χ3n) is 5.76. The average molecular weight is 411 g/mol. The zero-order valence-corrected chi connectivity index (χ0v) is 18.2. The molecule has 0 bridgehead atoms. The van der Waals surface area contributed by atoms with E-state index in [0.717, 1.165) is 36.8 Å². The van der Waals surface area contributed by atoms with Crippen LogP contribution in [0.5, 0.6) is 5.75 Å². The highest BCUT2D eigenvalue weighted by molar-refractivity contribution is 5.80. The molecule has 1 aliphatic rings. The van der Waals surface area contributed by atoms with E-state index in [2.05, 4.69) is 46.2 Å². The van der Waals surface area contributed by atoms with Crippen LogP contribution in [-0.4, -0.2) is 50.3 Å². The van der Waals surface area contributed by atoms with E-state index in [1.165, 1.54) is 12.8 Å². The van der Waals surface area contributed by atoms with Crippen LogP contribution in [0.3, 0.4) is 0 Å². The molecule has 1 unspecified atom stereocenters. The highest BCUT2D eigenvalue weighted by Gasteiger charge is 2.33. The molecule has 3 aromatic rings. The van der Waals surface area contributed by atoms with Crippen LogP contribution in [0, 0.1) is 0 Å². The quantitative estimate of drug-likeness (QED) is 0.710. The Hall–Kier alpha value is -2.74. The monoisotopic (exact) mass is 410 g/mol. The van der Waals surface area contributed by atoms with Gasteiger partial charge in [0.1, 0.15) is 11.8 Å². The number of H-pyrrole nitrogens is 1. The second-order valence-corrected chi connectivity index (χ2v) is 8.98. The van der Waals surface area contributed by atoms with Crippen LogP contribution in [0.15, 0.2) is 29.1 Å². The zero-order valence-electron chi connectivity index (χ0n) is 18.2. The third-order valence-corrected chi connectivity index (χ3v) is 5.76. The Balaban J connectivity index is 1.89. The molecule has 1 N–H and O–H groups in total. The lowest BCUT2D eigenvalue weighted by Gasteiger charge is -2.31. The topological polar surface area (TPSA) is 88.9 Å². The van der Waals surface area contributed by atoms with Crippen molar-refractivity contribution in [3.63, 3.8) is 0 Å². The number of benzene rings is 1. The minimum atomic E-state index is -0.299. The number of likely N-dealkylation sites (tertiary alicyclic amines) is 1. The smallest absolute Gasteiger partial charge is 0.253 e. The summed E-state index contributed by atoms with van der Waals surface area (Å²) in [5.74, 6) is 1.43. The molecular weight excluding hydrogens is 380 g/mol. The van der Waals surface area contributed by atoms with Crippen molar-refractivity contribution in [1.82, 2.24) is 30.1 Å². The predicted octanol–water partition coefficient (Wildman–Crippen LogP) is 3.24. The normalized spacial score (nSPS) is 17.1. The number of hydrogen-bond donors (Lipinski definition) is 1.